The Balaban J connectivity index is 1.69. The van der Waals surface area contributed by atoms with Crippen LogP contribution < -0.4 is 15.4 Å². The van der Waals surface area contributed by atoms with Crippen LogP contribution in [0.15, 0.2) is 36.7 Å². The van der Waals surface area contributed by atoms with Crippen LogP contribution in [0.5, 0.6) is 5.88 Å². The third-order valence-corrected chi connectivity index (χ3v) is 3.62. The molecule has 0 aliphatic heterocycles. The number of nitrogens with one attached hydrogen (secondary N) is 3. The van der Waals surface area contributed by atoms with Gasteiger partial charge in [0.05, 0.1) is 35.9 Å². The van der Waals surface area contributed by atoms with Crippen LogP contribution in [0.3, 0.4) is 0 Å². The second-order valence-electron chi connectivity index (χ2n) is 5.44. The van der Waals surface area contributed by atoms with Gasteiger partial charge in [-0.05, 0) is 19.1 Å². The molecule has 0 spiro atoms. The van der Waals surface area contributed by atoms with Crippen LogP contribution in [0.25, 0.3) is 10.9 Å². The number of carbonyl (C=O) groups is 1. The Kier molecular flexibility index (Phi) is 5.59. The highest BCUT2D eigenvalue weighted by atomic mass is 16.5. The molecule has 1 unspecified atom stereocenters. The number of urea groups is 1. The minimum atomic E-state index is -0.408. The Morgan fingerprint density at radius 2 is 2.23 bits per heavy atom. The zero-order valence-electron chi connectivity index (χ0n) is 14.5. The van der Waals surface area contributed by atoms with Crippen molar-refractivity contribution in [1.82, 2.24) is 25.5 Å². The van der Waals surface area contributed by atoms with Gasteiger partial charge < -0.3 is 14.8 Å². The summed E-state index contributed by atoms with van der Waals surface area (Å²) in [6.07, 6.45) is 3.27. The Labute approximate surface area is 150 Å². The molecule has 3 heterocycles. The maximum absolute atomic E-state index is 12.3. The summed E-state index contributed by atoms with van der Waals surface area (Å²) in [5.41, 5.74) is 1.43. The standard InChI is InChI=1S/C17H20N6O3/c1-3-26-16-11-9-19-15(8-13(11)22-23-16)21-17(24)20-14(10-25-2)12-6-4-5-7-18-12/h4-9,14H,3,10H2,1-2H3,(H,22,23)(H2,19,20,21,24). The first kappa shape index (κ1) is 17.6. The van der Waals surface area contributed by atoms with E-state index in [9.17, 15) is 4.79 Å². The van der Waals surface area contributed by atoms with Gasteiger partial charge in [0.25, 0.3) is 0 Å². The second-order valence-corrected chi connectivity index (χ2v) is 5.44. The van der Waals surface area contributed by atoms with Crippen LogP contribution in [-0.2, 0) is 4.74 Å². The lowest BCUT2D eigenvalue weighted by Gasteiger charge is -2.17. The van der Waals surface area contributed by atoms with Crippen molar-refractivity contribution in [2.75, 3.05) is 25.6 Å². The predicted molar refractivity (Wildman–Crippen MR) is 96.1 cm³/mol. The highest BCUT2D eigenvalue weighted by Gasteiger charge is 2.16. The first-order valence-electron chi connectivity index (χ1n) is 8.15. The molecule has 0 radical (unpaired) electrons. The number of hydrogen-bond donors (Lipinski definition) is 3. The highest BCUT2D eigenvalue weighted by molar-refractivity contribution is 5.92. The van der Waals surface area contributed by atoms with Gasteiger partial charge in [0.1, 0.15) is 5.82 Å². The van der Waals surface area contributed by atoms with E-state index < -0.39 is 6.03 Å². The van der Waals surface area contributed by atoms with Gasteiger partial charge in [-0.3, -0.25) is 15.4 Å². The summed E-state index contributed by atoms with van der Waals surface area (Å²) in [6, 6.07) is 6.41. The van der Waals surface area contributed by atoms with E-state index in [0.717, 1.165) is 10.9 Å². The number of rotatable bonds is 7. The summed E-state index contributed by atoms with van der Waals surface area (Å²) in [6.45, 7) is 2.69. The lowest BCUT2D eigenvalue weighted by molar-refractivity contribution is 0.166. The van der Waals surface area contributed by atoms with Crippen molar-refractivity contribution in [2.24, 2.45) is 0 Å². The molecule has 1 atom stereocenters. The Hall–Kier alpha value is -3.20. The molecule has 2 amide bonds. The molecular weight excluding hydrogens is 336 g/mol. The van der Waals surface area contributed by atoms with Gasteiger partial charge in [-0.2, -0.15) is 0 Å². The van der Waals surface area contributed by atoms with Crippen LogP contribution in [-0.4, -0.2) is 46.5 Å². The van der Waals surface area contributed by atoms with Crippen molar-refractivity contribution < 1.29 is 14.3 Å². The number of ether oxygens (including phenoxy) is 2. The van der Waals surface area contributed by atoms with Crippen molar-refractivity contribution >= 4 is 22.8 Å². The maximum Gasteiger partial charge on any atom is 0.321 e. The van der Waals surface area contributed by atoms with E-state index >= 15 is 0 Å². The van der Waals surface area contributed by atoms with Gasteiger partial charge in [0.2, 0.25) is 5.88 Å². The number of fused-ring (bicyclic) bond motifs is 1. The molecule has 0 aliphatic carbocycles. The smallest absolute Gasteiger partial charge is 0.321 e. The SMILES string of the molecule is CCOc1n[nH]c2cc(NC(=O)NC(COC)c3ccccn3)ncc12. The van der Waals surface area contributed by atoms with Crippen molar-refractivity contribution in [1.29, 1.82) is 0 Å². The number of methoxy groups -OCH3 is 1. The summed E-state index contributed by atoms with van der Waals surface area (Å²) < 4.78 is 10.6. The molecular formula is C17H20N6O3. The molecule has 136 valence electrons. The Bertz CT molecular complexity index is 867. The molecule has 0 aromatic carbocycles. The number of H-pyrrole nitrogens is 1. The van der Waals surface area contributed by atoms with Gasteiger partial charge in [-0.1, -0.05) is 6.07 Å². The molecule has 0 aliphatic rings. The molecule has 9 nitrogen and oxygen atoms in total. The van der Waals surface area contributed by atoms with Crippen LogP contribution >= 0.6 is 0 Å². The fourth-order valence-corrected chi connectivity index (χ4v) is 2.47. The van der Waals surface area contributed by atoms with Crippen molar-refractivity contribution in [2.45, 2.75) is 13.0 Å². The number of carbonyl (C=O) groups excluding carboxylic acids is 1. The first-order chi connectivity index (χ1) is 12.7. The molecule has 3 aromatic heterocycles. The predicted octanol–water partition coefficient (Wildman–Crippen LogP) is 2.26. The van der Waals surface area contributed by atoms with Crippen molar-refractivity contribution in [3.63, 3.8) is 0 Å². The minimum Gasteiger partial charge on any atom is -0.476 e. The third kappa shape index (κ3) is 4.06. The van der Waals surface area contributed by atoms with Crippen molar-refractivity contribution in [3.05, 3.63) is 42.4 Å². The first-order valence-corrected chi connectivity index (χ1v) is 8.15. The van der Waals surface area contributed by atoms with Gasteiger partial charge in [-0.15, -0.1) is 5.10 Å². The number of aromatic amines is 1. The number of aromatic nitrogens is 4. The molecule has 0 fully saturated rings. The average molecular weight is 356 g/mol. The minimum absolute atomic E-state index is 0.301. The van der Waals surface area contributed by atoms with E-state index in [1.165, 1.54) is 0 Å². The molecule has 0 saturated carbocycles. The van der Waals surface area contributed by atoms with Crippen molar-refractivity contribution in [3.8, 4) is 5.88 Å². The summed E-state index contributed by atoms with van der Waals surface area (Å²) in [7, 11) is 1.57. The van der Waals surface area contributed by atoms with Gasteiger partial charge in [0.15, 0.2) is 0 Å². The Morgan fingerprint density at radius 3 is 2.96 bits per heavy atom. The highest BCUT2D eigenvalue weighted by Crippen LogP contribution is 2.23. The van der Waals surface area contributed by atoms with Crippen LogP contribution in [0, 0.1) is 0 Å². The Morgan fingerprint density at radius 1 is 1.35 bits per heavy atom. The summed E-state index contributed by atoms with van der Waals surface area (Å²) in [5.74, 6) is 0.875. The van der Waals surface area contributed by atoms with Crippen LogP contribution in [0.1, 0.15) is 18.7 Å². The zero-order chi connectivity index (χ0) is 18.4. The molecule has 0 bridgehead atoms. The molecule has 3 N–H and O–H groups in total. The normalized spacial score (nSPS) is 11.9. The number of nitrogens with zero attached hydrogens (tertiary/aromatic N) is 3. The van der Waals surface area contributed by atoms with Crippen LogP contribution in [0.4, 0.5) is 10.6 Å². The van der Waals surface area contributed by atoms with E-state index in [0.29, 0.717) is 30.6 Å². The number of hydrogen-bond acceptors (Lipinski definition) is 6. The largest absolute Gasteiger partial charge is 0.476 e. The topological polar surface area (TPSA) is 114 Å². The van der Waals surface area contributed by atoms with E-state index in [2.05, 4.69) is 30.8 Å². The molecule has 3 aromatic rings. The summed E-state index contributed by atoms with van der Waals surface area (Å²) in [5, 5.41) is 13.2. The monoisotopic (exact) mass is 356 g/mol. The van der Waals surface area contributed by atoms with Gasteiger partial charge in [-0.25, -0.2) is 9.78 Å². The van der Waals surface area contributed by atoms with Crippen LogP contribution in [0.2, 0.25) is 0 Å². The third-order valence-electron chi connectivity index (χ3n) is 3.62. The number of amides is 2. The van der Waals surface area contributed by atoms with E-state index in [-0.39, 0.29) is 6.04 Å². The molecule has 26 heavy (non-hydrogen) atoms. The lowest BCUT2D eigenvalue weighted by atomic mass is 10.2. The number of pyridine rings is 2. The summed E-state index contributed by atoms with van der Waals surface area (Å²) in [4.78, 5) is 20.8. The van der Waals surface area contributed by atoms with E-state index in [1.54, 1.807) is 25.6 Å². The van der Waals surface area contributed by atoms with Gasteiger partial charge >= 0.3 is 6.03 Å². The fraction of sp³-hybridized carbons (Fsp3) is 0.294. The van der Waals surface area contributed by atoms with E-state index in [1.807, 2.05) is 25.1 Å². The number of anilines is 1. The molecule has 0 saturated heterocycles. The molecule has 9 heteroatoms. The second kappa shape index (κ2) is 8.26. The maximum atomic E-state index is 12.3. The lowest BCUT2D eigenvalue weighted by Crippen LogP contribution is -2.35. The fourth-order valence-electron chi connectivity index (χ4n) is 2.47. The average Bonchev–Trinajstić information content (AvgIpc) is 3.05. The van der Waals surface area contributed by atoms with Gasteiger partial charge in [0, 0.05) is 25.6 Å². The van der Waals surface area contributed by atoms with E-state index in [4.69, 9.17) is 9.47 Å². The molecule has 3 rings (SSSR count). The summed E-state index contributed by atoms with van der Waals surface area (Å²) >= 11 is 0. The zero-order valence-corrected chi connectivity index (χ0v) is 14.5. The quantitative estimate of drug-likeness (QED) is 0.598.